The largest absolute Gasteiger partial charge is 0.352 e. The first-order valence-electron chi connectivity index (χ1n) is 11.5. The van der Waals surface area contributed by atoms with Crippen LogP contribution in [0.2, 0.25) is 0 Å². The number of carbonyl (C=O) groups excluding carboxylic acids is 1. The molecule has 0 bridgehead atoms. The van der Waals surface area contributed by atoms with Crippen LogP contribution in [0.4, 0.5) is 0 Å². The normalized spacial score (nSPS) is 20.6. The molecule has 7 heteroatoms. The van der Waals surface area contributed by atoms with Gasteiger partial charge in [-0.2, -0.15) is 0 Å². The molecule has 6 nitrogen and oxygen atoms in total. The van der Waals surface area contributed by atoms with Crippen LogP contribution < -0.4 is 10.6 Å². The summed E-state index contributed by atoms with van der Waals surface area (Å²) >= 11 is 0. The number of guanidine groups is 1. The van der Waals surface area contributed by atoms with E-state index in [1.54, 1.807) is 7.05 Å². The van der Waals surface area contributed by atoms with E-state index in [4.69, 9.17) is 0 Å². The van der Waals surface area contributed by atoms with Crippen LogP contribution in [-0.2, 0) is 17.9 Å². The number of carbonyl (C=O) groups is 1. The van der Waals surface area contributed by atoms with Crippen molar-refractivity contribution in [3.8, 4) is 0 Å². The van der Waals surface area contributed by atoms with Gasteiger partial charge in [0.05, 0.1) is 0 Å². The zero-order valence-electron chi connectivity index (χ0n) is 19.6. The zero-order chi connectivity index (χ0) is 21.5. The van der Waals surface area contributed by atoms with Gasteiger partial charge in [-0.25, -0.2) is 0 Å². The smallest absolute Gasteiger partial charge is 0.225 e. The number of nitrogens with zero attached hydrogens (tertiary/aromatic N) is 3. The van der Waals surface area contributed by atoms with Gasteiger partial charge < -0.3 is 15.5 Å². The molecule has 0 aliphatic carbocycles. The molecule has 2 fully saturated rings. The van der Waals surface area contributed by atoms with Crippen molar-refractivity contribution in [2.45, 2.75) is 59.2 Å². The molecule has 2 heterocycles. The molecule has 1 amide bonds. The Morgan fingerprint density at radius 2 is 1.74 bits per heavy atom. The lowest BCUT2D eigenvalue weighted by Gasteiger charge is -2.30. The van der Waals surface area contributed by atoms with E-state index in [1.165, 1.54) is 37.1 Å². The number of hydrogen-bond acceptors (Lipinski definition) is 3. The van der Waals surface area contributed by atoms with Crippen LogP contribution in [-0.4, -0.2) is 60.9 Å². The first kappa shape index (κ1) is 25.9. The molecule has 1 aromatic carbocycles. The van der Waals surface area contributed by atoms with Crippen LogP contribution >= 0.6 is 24.0 Å². The Labute approximate surface area is 205 Å². The molecule has 0 spiro atoms. The van der Waals surface area contributed by atoms with Crippen molar-refractivity contribution in [3.63, 3.8) is 0 Å². The molecule has 1 aromatic rings. The van der Waals surface area contributed by atoms with Gasteiger partial charge in [0.1, 0.15) is 0 Å². The number of likely N-dealkylation sites (tertiary alicyclic amines) is 2. The van der Waals surface area contributed by atoms with Crippen LogP contribution in [0, 0.1) is 11.8 Å². The second kappa shape index (κ2) is 12.6. The first-order valence-corrected chi connectivity index (χ1v) is 11.5. The van der Waals surface area contributed by atoms with Crippen LogP contribution in [0.5, 0.6) is 0 Å². The van der Waals surface area contributed by atoms with E-state index in [-0.39, 0.29) is 41.8 Å². The highest BCUT2D eigenvalue weighted by Crippen LogP contribution is 2.18. The summed E-state index contributed by atoms with van der Waals surface area (Å²) in [6, 6.07) is 9.17. The second-order valence-corrected chi connectivity index (χ2v) is 9.27. The van der Waals surface area contributed by atoms with E-state index >= 15 is 0 Å². The summed E-state index contributed by atoms with van der Waals surface area (Å²) in [7, 11) is 1.80. The van der Waals surface area contributed by atoms with E-state index in [2.05, 4.69) is 51.7 Å². The van der Waals surface area contributed by atoms with E-state index in [0.717, 1.165) is 44.5 Å². The summed E-state index contributed by atoms with van der Waals surface area (Å²) in [5.74, 6) is 1.97. The average Bonchev–Trinajstić information content (AvgIpc) is 3.21. The van der Waals surface area contributed by atoms with Crippen molar-refractivity contribution in [2.75, 3.05) is 33.2 Å². The topological polar surface area (TPSA) is 60.0 Å². The molecule has 0 saturated carbocycles. The predicted octanol–water partition coefficient (Wildman–Crippen LogP) is 3.46. The van der Waals surface area contributed by atoms with Gasteiger partial charge in [-0.3, -0.25) is 14.7 Å². The summed E-state index contributed by atoms with van der Waals surface area (Å²) in [6.07, 6.45) is 3.60. The molecule has 31 heavy (non-hydrogen) atoms. The Bertz CT molecular complexity index is 713. The third kappa shape index (κ3) is 7.93. The van der Waals surface area contributed by atoms with Crippen LogP contribution in [0.1, 0.15) is 51.2 Å². The van der Waals surface area contributed by atoms with E-state index in [9.17, 15) is 4.79 Å². The van der Waals surface area contributed by atoms with Gasteiger partial charge in [0.2, 0.25) is 5.91 Å². The minimum Gasteiger partial charge on any atom is -0.352 e. The average molecular weight is 542 g/mol. The predicted molar refractivity (Wildman–Crippen MR) is 139 cm³/mol. The summed E-state index contributed by atoms with van der Waals surface area (Å²) in [5.41, 5.74) is 2.63. The fraction of sp³-hybridized carbons (Fsp3) is 0.667. The maximum absolute atomic E-state index is 12.2. The Morgan fingerprint density at radius 3 is 2.35 bits per heavy atom. The van der Waals surface area contributed by atoms with Crippen molar-refractivity contribution >= 4 is 35.8 Å². The maximum Gasteiger partial charge on any atom is 0.225 e. The van der Waals surface area contributed by atoms with Gasteiger partial charge in [-0.15, -0.1) is 24.0 Å². The van der Waals surface area contributed by atoms with Gasteiger partial charge >= 0.3 is 0 Å². The Kier molecular flexibility index (Phi) is 10.6. The number of aliphatic imine (C=N–C) groups is 1. The molecule has 0 aromatic heterocycles. The minimum absolute atomic E-state index is 0. The molecule has 2 aliphatic rings. The first-order chi connectivity index (χ1) is 14.4. The number of benzene rings is 1. The summed E-state index contributed by atoms with van der Waals surface area (Å²) in [6.45, 7) is 12.1. The van der Waals surface area contributed by atoms with Crippen molar-refractivity contribution in [3.05, 3.63) is 35.4 Å². The van der Waals surface area contributed by atoms with Crippen molar-refractivity contribution in [1.29, 1.82) is 0 Å². The lowest BCUT2D eigenvalue weighted by Crippen LogP contribution is -2.45. The molecule has 0 radical (unpaired) electrons. The molecular weight excluding hydrogens is 501 g/mol. The Balaban J connectivity index is 0.00000341. The number of nitrogens with one attached hydrogen (secondary N) is 2. The van der Waals surface area contributed by atoms with E-state index in [0.29, 0.717) is 0 Å². The number of hydrogen-bond donors (Lipinski definition) is 2. The molecule has 3 rings (SSSR count). The van der Waals surface area contributed by atoms with Gasteiger partial charge in [0.25, 0.3) is 0 Å². The Morgan fingerprint density at radius 1 is 1.10 bits per heavy atom. The van der Waals surface area contributed by atoms with Crippen molar-refractivity contribution < 1.29 is 4.79 Å². The number of rotatable bonds is 6. The van der Waals surface area contributed by atoms with Crippen molar-refractivity contribution in [1.82, 2.24) is 20.4 Å². The van der Waals surface area contributed by atoms with Crippen LogP contribution in [0.25, 0.3) is 0 Å². The number of amides is 1. The highest BCUT2D eigenvalue weighted by molar-refractivity contribution is 14.0. The molecule has 1 atom stereocenters. The molecule has 1 unspecified atom stereocenters. The zero-order valence-corrected chi connectivity index (χ0v) is 21.9. The highest BCUT2D eigenvalue weighted by Gasteiger charge is 2.27. The molecular formula is C24H40IN5O. The van der Waals surface area contributed by atoms with Gasteiger partial charge in [-0.1, -0.05) is 45.0 Å². The lowest BCUT2D eigenvalue weighted by atomic mass is 9.99. The third-order valence-corrected chi connectivity index (χ3v) is 6.32. The van der Waals surface area contributed by atoms with Gasteiger partial charge in [0, 0.05) is 45.2 Å². The van der Waals surface area contributed by atoms with Gasteiger partial charge in [0.15, 0.2) is 5.96 Å². The number of halogens is 1. The Hall–Kier alpha value is -1.35. The highest BCUT2D eigenvalue weighted by atomic mass is 127. The number of piperidine rings is 1. The van der Waals surface area contributed by atoms with E-state index in [1.807, 2.05) is 18.7 Å². The third-order valence-electron chi connectivity index (χ3n) is 6.32. The monoisotopic (exact) mass is 541 g/mol. The fourth-order valence-corrected chi connectivity index (χ4v) is 4.26. The summed E-state index contributed by atoms with van der Waals surface area (Å²) in [4.78, 5) is 21.0. The van der Waals surface area contributed by atoms with Crippen molar-refractivity contribution in [2.24, 2.45) is 16.8 Å². The van der Waals surface area contributed by atoms with Crippen LogP contribution in [0.3, 0.4) is 0 Å². The molecule has 2 aliphatic heterocycles. The molecule has 174 valence electrons. The maximum atomic E-state index is 12.2. The minimum atomic E-state index is 0. The SMILES string of the molecule is CN=C(NCc1ccc(CN2CCC(C)CC2)cc1)NC1CCN(C(=O)C(C)C)C1.I. The summed E-state index contributed by atoms with van der Waals surface area (Å²) < 4.78 is 0. The van der Waals surface area contributed by atoms with Crippen LogP contribution in [0.15, 0.2) is 29.3 Å². The summed E-state index contributed by atoms with van der Waals surface area (Å²) in [5, 5.41) is 6.88. The fourth-order valence-electron chi connectivity index (χ4n) is 4.26. The van der Waals surface area contributed by atoms with E-state index < -0.39 is 0 Å². The quantitative estimate of drug-likeness (QED) is 0.329. The molecule has 2 saturated heterocycles. The lowest BCUT2D eigenvalue weighted by molar-refractivity contribution is -0.133. The second-order valence-electron chi connectivity index (χ2n) is 9.27. The standard InChI is InChI=1S/C24H39N5O.HI/c1-18(2)23(30)29-14-11-22(17-29)27-24(25-4)26-15-20-5-7-21(8-6-20)16-28-12-9-19(3)10-13-28;/h5-8,18-19,22H,9-17H2,1-4H3,(H2,25,26,27);1H. The molecule has 2 N–H and O–H groups in total. The van der Waals surface area contributed by atoms with Gasteiger partial charge in [-0.05, 0) is 49.4 Å².